The molecule has 3 saturated heterocycles. The zero-order chi connectivity index (χ0) is 22.1. The van der Waals surface area contributed by atoms with E-state index >= 15 is 0 Å². The first kappa shape index (κ1) is 21.8. The number of carbonyl (C=O) groups excluding carboxylic acids is 2. The van der Waals surface area contributed by atoms with Gasteiger partial charge in [0.05, 0.1) is 5.52 Å². The maximum absolute atomic E-state index is 12.9. The van der Waals surface area contributed by atoms with Gasteiger partial charge in [-0.25, -0.2) is 0 Å². The molecular weight excluding hydrogens is 405 g/mol. The van der Waals surface area contributed by atoms with Crippen molar-refractivity contribution in [1.29, 1.82) is 0 Å². The summed E-state index contributed by atoms with van der Waals surface area (Å²) in [5, 5.41) is 10.8. The Bertz CT molecular complexity index is 965. The summed E-state index contributed by atoms with van der Waals surface area (Å²) in [6.45, 7) is 2.63. The van der Waals surface area contributed by atoms with Crippen molar-refractivity contribution in [2.75, 3.05) is 25.4 Å². The van der Waals surface area contributed by atoms with Crippen molar-refractivity contribution in [2.24, 2.45) is 11.8 Å². The zero-order valence-electron chi connectivity index (χ0n) is 15.9. The molecule has 3 fully saturated rings. The fourth-order valence-electron chi connectivity index (χ4n) is 4.27. The zero-order valence-corrected chi connectivity index (χ0v) is 15.9. The summed E-state index contributed by atoms with van der Waals surface area (Å²) in [5.74, 6) is -1.86. The van der Waals surface area contributed by atoms with Gasteiger partial charge in [0, 0.05) is 24.0 Å². The highest BCUT2D eigenvalue weighted by molar-refractivity contribution is 6.09. The second-order valence-electron chi connectivity index (χ2n) is 7.47. The Balaban J connectivity index is 0.000000806. The van der Waals surface area contributed by atoms with E-state index < -0.39 is 12.1 Å². The molecule has 3 N–H and O–H groups in total. The van der Waals surface area contributed by atoms with Crippen LogP contribution < -0.4 is 5.73 Å². The third kappa shape index (κ3) is 4.30. The van der Waals surface area contributed by atoms with Gasteiger partial charge in [-0.1, -0.05) is 0 Å². The average molecular weight is 426 g/mol. The molecule has 3 aliphatic rings. The number of alkyl halides is 3. The third-order valence-corrected chi connectivity index (χ3v) is 5.64. The molecule has 0 unspecified atom stereocenters. The second-order valence-corrected chi connectivity index (χ2v) is 7.47. The van der Waals surface area contributed by atoms with Crippen LogP contribution >= 0.6 is 0 Å². The van der Waals surface area contributed by atoms with E-state index in [4.69, 9.17) is 15.6 Å². The maximum Gasteiger partial charge on any atom is 0.473 e. The number of halogens is 3. The molecule has 5 rings (SSSR count). The summed E-state index contributed by atoms with van der Waals surface area (Å²) in [5.41, 5.74) is 5.84. The van der Waals surface area contributed by atoms with Gasteiger partial charge in [0.25, 0.3) is 6.47 Å². The molecule has 1 aromatic carbocycles. The molecule has 11 heteroatoms. The summed E-state index contributed by atoms with van der Waals surface area (Å²) >= 11 is 0. The van der Waals surface area contributed by atoms with Crippen molar-refractivity contribution in [3.05, 3.63) is 23.9 Å². The van der Waals surface area contributed by atoms with Gasteiger partial charge in [0.2, 0.25) is 0 Å². The van der Waals surface area contributed by atoms with Gasteiger partial charge < -0.3 is 15.7 Å². The number of rotatable bonds is 3. The number of piperidine rings is 3. The fourth-order valence-corrected chi connectivity index (χ4v) is 4.27. The molecule has 3 aliphatic heterocycles. The van der Waals surface area contributed by atoms with E-state index in [1.165, 1.54) is 18.2 Å². The van der Waals surface area contributed by atoms with Crippen LogP contribution in [-0.2, 0) is 4.79 Å². The highest BCUT2D eigenvalue weighted by atomic mass is 19.4. The number of fused-ring (bicyclic) bond motifs is 4. The maximum atomic E-state index is 12.9. The van der Waals surface area contributed by atoms with E-state index in [0.717, 1.165) is 32.5 Å². The topological polar surface area (TPSA) is 119 Å². The van der Waals surface area contributed by atoms with Gasteiger partial charge in [0.15, 0.2) is 5.78 Å². The minimum absolute atomic E-state index is 0.0659. The quantitative estimate of drug-likeness (QED) is 0.440. The fraction of sp³-hybridized carbons (Fsp3) is 0.474. The smallest absolute Gasteiger partial charge is 0.473 e. The Hall–Kier alpha value is -2.95. The number of Topliss-reactive ketones (excluding diaryl/α,β-unsaturated/α-hetero) is 1. The van der Waals surface area contributed by atoms with Crippen LogP contribution in [0.25, 0.3) is 10.9 Å². The lowest BCUT2D eigenvalue weighted by Crippen LogP contribution is -2.47. The SMILES string of the molecule is Nc1ccc2c(c1)c(C(=O)C[C@@H]1CN3CCC1CC3)nn2C(=O)C(F)(F)F.O=CO. The largest absolute Gasteiger partial charge is 0.483 e. The van der Waals surface area contributed by atoms with Crippen LogP contribution in [0.15, 0.2) is 18.2 Å². The number of hydrogen-bond donors (Lipinski definition) is 2. The van der Waals surface area contributed by atoms with Crippen molar-refractivity contribution in [1.82, 2.24) is 14.7 Å². The number of carboxylic acid groups (broad SMARTS) is 1. The molecule has 1 atom stereocenters. The lowest BCUT2D eigenvalue weighted by molar-refractivity contribution is -0.122. The number of nitrogen functional groups attached to an aromatic ring is 1. The van der Waals surface area contributed by atoms with E-state index in [-0.39, 0.29) is 45.9 Å². The predicted molar refractivity (Wildman–Crippen MR) is 101 cm³/mol. The first-order valence-corrected chi connectivity index (χ1v) is 9.39. The van der Waals surface area contributed by atoms with Gasteiger partial charge in [-0.15, -0.1) is 0 Å². The number of nitrogens with zero attached hydrogens (tertiary/aromatic N) is 3. The van der Waals surface area contributed by atoms with Gasteiger partial charge in [-0.3, -0.25) is 14.4 Å². The summed E-state index contributed by atoms with van der Waals surface area (Å²) in [4.78, 5) is 35.3. The molecule has 30 heavy (non-hydrogen) atoms. The first-order valence-electron chi connectivity index (χ1n) is 9.39. The molecule has 0 spiro atoms. The molecular formula is C19H21F3N4O4. The van der Waals surface area contributed by atoms with Gasteiger partial charge in [-0.05, 0) is 56.0 Å². The van der Waals surface area contributed by atoms with Crippen LogP contribution in [0.5, 0.6) is 0 Å². The first-order chi connectivity index (χ1) is 14.2. The molecule has 0 aliphatic carbocycles. The number of benzene rings is 1. The van der Waals surface area contributed by atoms with Crippen LogP contribution in [0.2, 0.25) is 0 Å². The van der Waals surface area contributed by atoms with Crippen molar-refractivity contribution in [3.8, 4) is 0 Å². The number of hydrogen-bond acceptors (Lipinski definition) is 6. The van der Waals surface area contributed by atoms with Gasteiger partial charge >= 0.3 is 12.1 Å². The van der Waals surface area contributed by atoms with E-state index in [1.54, 1.807) is 0 Å². The molecule has 0 amide bonds. The number of anilines is 1. The highest BCUT2D eigenvalue weighted by Crippen LogP contribution is 2.35. The Kier molecular flexibility index (Phi) is 6.11. The number of aromatic nitrogens is 2. The second kappa shape index (κ2) is 8.42. The van der Waals surface area contributed by atoms with Crippen molar-refractivity contribution in [3.63, 3.8) is 0 Å². The average Bonchev–Trinajstić information content (AvgIpc) is 3.06. The summed E-state index contributed by atoms with van der Waals surface area (Å²) in [6.07, 6.45) is -2.81. The minimum atomic E-state index is -5.09. The number of nitrogens with two attached hydrogens (primary N) is 1. The predicted octanol–water partition coefficient (Wildman–Crippen LogP) is 2.44. The number of carbonyl (C=O) groups is 3. The van der Waals surface area contributed by atoms with Crippen molar-refractivity contribution < 1.29 is 32.7 Å². The highest BCUT2D eigenvalue weighted by Gasteiger charge is 2.42. The third-order valence-electron chi connectivity index (χ3n) is 5.64. The van der Waals surface area contributed by atoms with E-state index in [2.05, 4.69) is 10.00 Å². The molecule has 1 aromatic heterocycles. The van der Waals surface area contributed by atoms with Crippen LogP contribution in [0.1, 0.15) is 34.5 Å². The van der Waals surface area contributed by atoms with E-state index in [0.29, 0.717) is 11.6 Å². The lowest BCUT2D eigenvalue weighted by Gasteiger charge is -2.44. The Morgan fingerprint density at radius 2 is 1.90 bits per heavy atom. The van der Waals surface area contributed by atoms with Crippen LogP contribution in [0.4, 0.5) is 18.9 Å². The normalized spacial score (nSPS) is 23.0. The van der Waals surface area contributed by atoms with E-state index in [9.17, 15) is 22.8 Å². The molecule has 4 heterocycles. The van der Waals surface area contributed by atoms with Crippen molar-refractivity contribution >= 4 is 34.8 Å². The summed E-state index contributed by atoms with van der Waals surface area (Å²) in [6, 6.07) is 4.06. The molecule has 0 radical (unpaired) electrons. The Labute approximate surface area is 169 Å². The molecule has 162 valence electrons. The van der Waals surface area contributed by atoms with Gasteiger partial charge in [0.1, 0.15) is 5.69 Å². The van der Waals surface area contributed by atoms with Crippen LogP contribution in [0, 0.1) is 11.8 Å². The van der Waals surface area contributed by atoms with Crippen molar-refractivity contribution in [2.45, 2.75) is 25.4 Å². The van der Waals surface area contributed by atoms with Crippen LogP contribution in [-0.4, -0.2) is 63.8 Å². The Morgan fingerprint density at radius 3 is 2.43 bits per heavy atom. The Morgan fingerprint density at radius 1 is 1.27 bits per heavy atom. The standard InChI is InChI=1S/C18H19F3N4O2.CH2O2/c19-18(20,21)17(27)25-14-2-1-12(22)8-13(14)16(23-25)15(26)7-11-9-24-5-3-10(11)4-6-24;2-1-3/h1-2,8,10-11H,3-7,9,22H2;1H,(H,2,3)/t11-;/m1./s1. The molecule has 8 nitrogen and oxygen atoms in total. The molecule has 2 aromatic rings. The monoisotopic (exact) mass is 426 g/mol. The minimum Gasteiger partial charge on any atom is -0.483 e. The summed E-state index contributed by atoms with van der Waals surface area (Å²) in [7, 11) is 0. The van der Waals surface area contributed by atoms with E-state index in [1.807, 2.05) is 0 Å². The lowest BCUT2D eigenvalue weighted by atomic mass is 9.76. The molecule has 2 bridgehead atoms. The molecule has 0 saturated carbocycles. The summed E-state index contributed by atoms with van der Waals surface area (Å²) < 4.78 is 39.0. The van der Waals surface area contributed by atoms with Crippen LogP contribution in [0.3, 0.4) is 0 Å². The van der Waals surface area contributed by atoms with Gasteiger partial charge in [-0.2, -0.15) is 23.0 Å². The number of ketones is 1.